The molecule has 0 heterocycles. The first-order chi connectivity index (χ1) is 3.31. The summed E-state index contributed by atoms with van der Waals surface area (Å²) in [7, 11) is 0. The summed E-state index contributed by atoms with van der Waals surface area (Å²) in [4.78, 5) is 0. The minimum Gasteiger partial charge on any atom is -0.210 e. The normalized spacial score (nSPS) is 13.4. The van der Waals surface area contributed by atoms with E-state index in [2.05, 4.69) is 12.0 Å². The number of hydrogen-bond donors (Lipinski definition) is 1. The van der Waals surface area contributed by atoms with Gasteiger partial charge in [0.15, 0.2) is 0 Å². The SMILES string of the molecule is CCCC(C)N=N. The summed E-state index contributed by atoms with van der Waals surface area (Å²) < 4.78 is 0. The molecule has 1 unspecified atom stereocenters. The third kappa shape index (κ3) is 3.43. The van der Waals surface area contributed by atoms with Gasteiger partial charge < -0.3 is 0 Å². The Morgan fingerprint density at radius 2 is 2.29 bits per heavy atom. The lowest BCUT2D eigenvalue weighted by molar-refractivity contribution is 0.613. The second-order valence-corrected chi connectivity index (χ2v) is 1.77. The van der Waals surface area contributed by atoms with Crippen LogP contribution in [0.2, 0.25) is 0 Å². The topological polar surface area (TPSA) is 36.2 Å². The van der Waals surface area contributed by atoms with Crippen LogP contribution in [0.25, 0.3) is 0 Å². The fourth-order valence-corrected chi connectivity index (χ4v) is 0.482. The molecule has 2 heteroatoms. The average Bonchev–Trinajstić information content (AvgIpc) is 1.68. The summed E-state index contributed by atoms with van der Waals surface area (Å²) in [5.74, 6) is 0. The Morgan fingerprint density at radius 3 is 2.43 bits per heavy atom. The van der Waals surface area contributed by atoms with Gasteiger partial charge in [0.1, 0.15) is 0 Å². The molecule has 0 bridgehead atoms. The molecule has 0 aromatic heterocycles. The van der Waals surface area contributed by atoms with Gasteiger partial charge >= 0.3 is 0 Å². The third-order valence-corrected chi connectivity index (χ3v) is 0.927. The predicted molar refractivity (Wildman–Crippen MR) is 29.5 cm³/mol. The van der Waals surface area contributed by atoms with Crippen molar-refractivity contribution in [1.82, 2.24) is 0 Å². The van der Waals surface area contributed by atoms with Crippen LogP contribution in [0.4, 0.5) is 0 Å². The number of nitrogens with zero attached hydrogens (tertiary/aromatic N) is 1. The fourth-order valence-electron chi connectivity index (χ4n) is 0.482. The molecular formula is C5H12N2. The number of rotatable bonds is 3. The molecule has 0 aliphatic rings. The zero-order valence-electron chi connectivity index (χ0n) is 4.94. The van der Waals surface area contributed by atoms with Crippen molar-refractivity contribution in [3.05, 3.63) is 0 Å². The highest BCUT2D eigenvalue weighted by atomic mass is 15.0. The monoisotopic (exact) mass is 100 g/mol. The zero-order valence-corrected chi connectivity index (χ0v) is 4.94. The largest absolute Gasteiger partial charge is 0.210 e. The second kappa shape index (κ2) is 3.78. The van der Waals surface area contributed by atoms with Gasteiger partial charge in [-0.2, -0.15) is 5.11 Å². The molecule has 1 atom stereocenters. The highest BCUT2D eigenvalue weighted by molar-refractivity contribution is 4.51. The maximum Gasteiger partial charge on any atom is 0.0677 e. The summed E-state index contributed by atoms with van der Waals surface area (Å²) in [6.07, 6.45) is 2.17. The molecule has 0 aromatic rings. The molecule has 2 nitrogen and oxygen atoms in total. The van der Waals surface area contributed by atoms with Gasteiger partial charge in [-0.1, -0.05) is 13.3 Å². The number of nitrogens with one attached hydrogen (secondary N) is 1. The van der Waals surface area contributed by atoms with Crippen molar-refractivity contribution in [1.29, 1.82) is 5.53 Å². The van der Waals surface area contributed by atoms with Gasteiger partial charge in [0.25, 0.3) is 0 Å². The van der Waals surface area contributed by atoms with Crippen LogP contribution in [0.5, 0.6) is 0 Å². The van der Waals surface area contributed by atoms with Crippen molar-refractivity contribution >= 4 is 0 Å². The van der Waals surface area contributed by atoms with Crippen LogP contribution in [-0.4, -0.2) is 6.04 Å². The Labute approximate surface area is 44.4 Å². The molecule has 42 valence electrons. The van der Waals surface area contributed by atoms with Gasteiger partial charge in [-0.15, -0.1) is 0 Å². The molecule has 0 aromatic carbocycles. The summed E-state index contributed by atoms with van der Waals surface area (Å²) >= 11 is 0. The summed E-state index contributed by atoms with van der Waals surface area (Å²) in [5, 5.41) is 3.33. The molecule has 7 heavy (non-hydrogen) atoms. The summed E-state index contributed by atoms with van der Waals surface area (Å²) in [6, 6.07) is 0.241. The van der Waals surface area contributed by atoms with Crippen molar-refractivity contribution in [2.75, 3.05) is 0 Å². The Hall–Kier alpha value is -0.400. The highest BCUT2D eigenvalue weighted by Gasteiger charge is 1.91. The van der Waals surface area contributed by atoms with E-state index in [4.69, 9.17) is 5.53 Å². The van der Waals surface area contributed by atoms with Gasteiger partial charge in [0.05, 0.1) is 6.04 Å². The standard InChI is InChI=1S/C5H12N2/c1-3-4-5(2)7-6/h5-6H,3-4H2,1-2H3. The zero-order chi connectivity index (χ0) is 5.70. The van der Waals surface area contributed by atoms with Crippen LogP contribution in [0.3, 0.4) is 0 Å². The quantitative estimate of drug-likeness (QED) is 0.528. The van der Waals surface area contributed by atoms with Gasteiger partial charge in [0, 0.05) is 0 Å². The van der Waals surface area contributed by atoms with E-state index >= 15 is 0 Å². The highest BCUT2D eigenvalue weighted by Crippen LogP contribution is 1.97. The van der Waals surface area contributed by atoms with Crippen LogP contribution >= 0.6 is 0 Å². The molecule has 0 aliphatic carbocycles. The molecule has 0 fully saturated rings. The van der Waals surface area contributed by atoms with Crippen LogP contribution in [0.1, 0.15) is 26.7 Å². The lowest BCUT2D eigenvalue weighted by Gasteiger charge is -1.96. The third-order valence-electron chi connectivity index (χ3n) is 0.927. The van der Waals surface area contributed by atoms with Crippen molar-refractivity contribution < 1.29 is 0 Å². The molecule has 1 N–H and O–H groups in total. The smallest absolute Gasteiger partial charge is 0.0677 e. The lowest BCUT2D eigenvalue weighted by Crippen LogP contribution is -1.92. The van der Waals surface area contributed by atoms with Gasteiger partial charge in [-0.3, -0.25) is 0 Å². The molecule has 0 saturated heterocycles. The minimum atomic E-state index is 0.241. The maximum atomic E-state index is 6.54. The van der Waals surface area contributed by atoms with E-state index in [1.165, 1.54) is 0 Å². The predicted octanol–water partition coefficient (Wildman–Crippen LogP) is 2.21. The van der Waals surface area contributed by atoms with Crippen LogP contribution < -0.4 is 0 Å². The first kappa shape index (κ1) is 6.60. The van der Waals surface area contributed by atoms with Gasteiger partial charge in [-0.05, 0) is 13.3 Å². The summed E-state index contributed by atoms with van der Waals surface area (Å²) in [5.41, 5.74) is 6.54. The van der Waals surface area contributed by atoms with E-state index in [1.807, 2.05) is 6.92 Å². The van der Waals surface area contributed by atoms with Crippen molar-refractivity contribution in [2.24, 2.45) is 5.11 Å². The Morgan fingerprint density at radius 1 is 1.71 bits per heavy atom. The molecule has 0 aliphatic heterocycles. The lowest BCUT2D eigenvalue weighted by atomic mass is 10.2. The van der Waals surface area contributed by atoms with Crippen molar-refractivity contribution in [2.45, 2.75) is 32.7 Å². The molecule has 0 radical (unpaired) electrons. The average molecular weight is 100 g/mol. The Balaban J connectivity index is 2.98. The van der Waals surface area contributed by atoms with E-state index in [0.717, 1.165) is 12.8 Å². The second-order valence-electron chi connectivity index (χ2n) is 1.77. The number of hydrogen-bond acceptors (Lipinski definition) is 2. The first-order valence-corrected chi connectivity index (χ1v) is 2.67. The fraction of sp³-hybridized carbons (Fsp3) is 1.00. The molecular weight excluding hydrogens is 88.1 g/mol. The van der Waals surface area contributed by atoms with Crippen LogP contribution in [-0.2, 0) is 0 Å². The van der Waals surface area contributed by atoms with Gasteiger partial charge in [-0.25, -0.2) is 5.53 Å². The first-order valence-electron chi connectivity index (χ1n) is 2.67. The Bertz CT molecular complexity index is 52.0. The van der Waals surface area contributed by atoms with Crippen LogP contribution in [0.15, 0.2) is 5.11 Å². The van der Waals surface area contributed by atoms with Crippen molar-refractivity contribution in [3.63, 3.8) is 0 Å². The van der Waals surface area contributed by atoms with E-state index in [0.29, 0.717) is 0 Å². The van der Waals surface area contributed by atoms with E-state index in [9.17, 15) is 0 Å². The van der Waals surface area contributed by atoms with Crippen LogP contribution in [0, 0.1) is 5.53 Å². The molecule has 0 spiro atoms. The summed E-state index contributed by atoms with van der Waals surface area (Å²) in [6.45, 7) is 4.05. The van der Waals surface area contributed by atoms with Crippen molar-refractivity contribution in [3.8, 4) is 0 Å². The minimum absolute atomic E-state index is 0.241. The van der Waals surface area contributed by atoms with Gasteiger partial charge in [0.2, 0.25) is 0 Å². The molecule has 0 saturated carbocycles. The van der Waals surface area contributed by atoms with E-state index in [1.54, 1.807) is 0 Å². The Kier molecular flexibility index (Phi) is 3.56. The molecule has 0 rings (SSSR count). The van der Waals surface area contributed by atoms with E-state index in [-0.39, 0.29) is 6.04 Å². The molecule has 0 amide bonds. The van der Waals surface area contributed by atoms with E-state index < -0.39 is 0 Å². The maximum absolute atomic E-state index is 6.54.